The molecule has 1 amide bonds. The Morgan fingerprint density at radius 2 is 1.96 bits per heavy atom. The first kappa shape index (κ1) is 20.2. The van der Waals surface area contributed by atoms with Gasteiger partial charge in [0, 0.05) is 12.6 Å². The lowest BCUT2D eigenvalue weighted by molar-refractivity contribution is -0.385. The molecule has 0 heterocycles. The van der Waals surface area contributed by atoms with E-state index >= 15 is 0 Å². The van der Waals surface area contributed by atoms with Crippen LogP contribution in [0.3, 0.4) is 0 Å². The normalized spacial score (nSPS) is 10.9. The average Bonchev–Trinajstić information content (AvgIpc) is 2.54. The molecule has 0 aromatic heterocycles. The predicted octanol–water partition coefficient (Wildman–Crippen LogP) is 2.23. The number of carbonyl (C=O) groups is 2. The molecule has 9 nitrogen and oxygen atoms in total. The zero-order valence-electron chi connectivity index (χ0n) is 14.6. The molecular formula is C16H22N2O7. The fraction of sp³-hybridized carbons (Fsp3) is 0.500. The van der Waals surface area contributed by atoms with Crippen LogP contribution in [0.5, 0.6) is 11.5 Å². The molecule has 25 heavy (non-hydrogen) atoms. The SMILES string of the molecule is CCOc1cc(C(=O)NCCC(C)(C)C(=O)O)c([N+](=O)[O-])cc1OC. The van der Waals surface area contributed by atoms with E-state index in [1.807, 2.05) is 0 Å². The summed E-state index contributed by atoms with van der Waals surface area (Å²) in [7, 11) is 1.34. The topological polar surface area (TPSA) is 128 Å². The van der Waals surface area contributed by atoms with E-state index in [0.717, 1.165) is 6.07 Å². The number of carbonyl (C=O) groups excluding carboxylic acids is 1. The number of hydrogen-bond acceptors (Lipinski definition) is 6. The number of carboxylic acids is 1. The third-order valence-corrected chi connectivity index (χ3v) is 3.64. The summed E-state index contributed by atoms with van der Waals surface area (Å²) in [6.45, 7) is 5.15. The third kappa shape index (κ3) is 5.07. The summed E-state index contributed by atoms with van der Waals surface area (Å²) in [5.74, 6) is -1.31. The van der Waals surface area contributed by atoms with E-state index < -0.39 is 27.9 Å². The Kier molecular flexibility index (Phi) is 6.72. The van der Waals surface area contributed by atoms with Gasteiger partial charge in [-0.3, -0.25) is 19.7 Å². The minimum Gasteiger partial charge on any atom is -0.493 e. The number of nitro groups is 1. The summed E-state index contributed by atoms with van der Waals surface area (Å²) < 4.78 is 10.4. The van der Waals surface area contributed by atoms with Crippen LogP contribution in [0.4, 0.5) is 5.69 Å². The summed E-state index contributed by atoms with van der Waals surface area (Å²) in [4.78, 5) is 33.9. The molecule has 0 atom stereocenters. The van der Waals surface area contributed by atoms with E-state index in [1.165, 1.54) is 27.0 Å². The van der Waals surface area contributed by atoms with E-state index in [-0.39, 0.29) is 30.0 Å². The van der Waals surface area contributed by atoms with E-state index in [9.17, 15) is 19.7 Å². The summed E-state index contributed by atoms with van der Waals surface area (Å²) in [5.41, 5.74) is -1.62. The van der Waals surface area contributed by atoms with E-state index in [4.69, 9.17) is 14.6 Å². The van der Waals surface area contributed by atoms with Crippen LogP contribution in [-0.2, 0) is 4.79 Å². The van der Waals surface area contributed by atoms with Crippen molar-refractivity contribution in [2.45, 2.75) is 27.2 Å². The van der Waals surface area contributed by atoms with Crippen LogP contribution in [0.15, 0.2) is 12.1 Å². The highest BCUT2D eigenvalue weighted by molar-refractivity contribution is 5.99. The van der Waals surface area contributed by atoms with E-state index in [1.54, 1.807) is 6.92 Å². The monoisotopic (exact) mass is 354 g/mol. The molecule has 0 unspecified atom stereocenters. The van der Waals surface area contributed by atoms with Crippen molar-refractivity contribution in [3.63, 3.8) is 0 Å². The van der Waals surface area contributed by atoms with Crippen molar-refractivity contribution in [3.8, 4) is 11.5 Å². The molecule has 0 aliphatic heterocycles. The first-order chi connectivity index (χ1) is 11.6. The van der Waals surface area contributed by atoms with Gasteiger partial charge < -0.3 is 19.9 Å². The highest BCUT2D eigenvalue weighted by atomic mass is 16.6. The number of hydrogen-bond donors (Lipinski definition) is 2. The molecule has 0 radical (unpaired) electrons. The molecule has 0 aliphatic rings. The van der Waals surface area contributed by atoms with Gasteiger partial charge >= 0.3 is 5.97 Å². The Bertz CT molecular complexity index is 671. The average molecular weight is 354 g/mol. The molecule has 0 aliphatic carbocycles. The molecule has 0 saturated heterocycles. The first-order valence-corrected chi connectivity index (χ1v) is 7.64. The molecule has 0 spiro atoms. The summed E-state index contributed by atoms with van der Waals surface area (Å²) in [5, 5.41) is 22.8. The Labute approximate surface area is 145 Å². The van der Waals surface area contributed by atoms with Gasteiger partial charge in [0.2, 0.25) is 0 Å². The number of methoxy groups -OCH3 is 1. The van der Waals surface area contributed by atoms with Gasteiger partial charge in [-0.2, -0.15) is 0 Å². The van der Waals surface area contributed by atoms with Gasteiger partial charge in [-0.05, 0) is 27.2 Å². The second-order valence-electron chi connectivity index (χ2n) is 5.91. The highest BCUT2D eigenvalue weighted by Gasteiger charge is 2.28. The van der Waals surface area contributed by atoms with Crippen molar-refractivity contribution in [1.29, 1.82) is 0 Å². The number of carboxylic acid groups (broad SMARTS) is 1. The lowest BCUT2D eigenvalue weighted by atomic mass is 9.89. The second-order valence-corrected chi connectivity index (χ2v) is 5.91. The third-order valence-electron chi connectivity index (χ3n) is 3.64. The van der Waals surface area contributed by atoms with Crippen molar-refractivity contribution in [1.82, 2.24) is 5.32 Å². The van der Waals surface area contributed by atoms with Crippen molar-refractivity contribution in [2.24, 2.45) is 5.41 Å². The number of rotatable bonds is 9. The molecular weight excluding hydrogens is 332 g/mol. The quantitative estimate of drug-likeness (QED) is 0.514. The summed E-state index contributed by atoms with van der Waals surface area (Å²) in [6, 6.07) is 2.37. The van der Waals surface area contributed by atoms with Crippen LogP contribution in [0, 0.1) is 15.5 Å². The molecule has 1 aromatic carbocycles. The van der Waals surface area contributed by atoms with Gasteiger partial charge in [-0.15, -0.1) is 0 Å². The maximum absolute atomic E-state index is 12.3. The molecule has 1 aromatic rings. The zero-order valence-corrected chi connectivity index (χ0v) is 14.6. The molecule has 0 bridgehead atoms. The molecule has 2 N–H and O–H groups in total. The van der Waals surface area contributed by atoms with Crippen molar-refractivity contribution < 1.29 is 29.1 Å². The fourth-order valence-electron chi connectivity index (χ4n) is 2.00. The minimum absolute atomic E-state index is 0.0608. The smallest absolute Gasteiger partial charge is 0.309 e. The number of benzene rings is 1. The lowest BCUT2D eigenvalue weighted by Gasteiger charge is -2.19. The van der Waals surface area contributed by atoms with Gasteiger partial charge in [0.25, 0.3) is 11.6 Å². The Morgan fingerprint density at radius 1 is 1.32 bits per heavy atom. The number of nitrogens with zero attached hydrogens (tertiary/aromatic N) is 1. The van der Waals surface area contributed by atoms with Gasteiger partial charge in [0.1, 0.15) is 5.56 Å². The summed E-state index contributed by atoms with van der Waals surface area (Å²) in [6.07, 6.45) is 0.177. The first-order valence-electron chi connectivity index (χ1n) is 7.64. The van der Waals surface area contributed by atoms with Gasteiger partial charge in [-0.1, -0.05) is 0 Å². The van der Waals surface area contributed by atoms with Crippen LogP contribution < -0.4 is 14.8 Å². The van der Waals surface area contributed by atoms with Crippen molar-refractivity contribution in [2.75, 3.05) is 20.3 Å². The van der Waals surface area contributed by atoms with Crippen LogP contribution in [-0.4, -0.2) is 42.2 Å². The van der Waals surface area contributed by atoms with E-state index in [0.29, 0.717) is 6.61 Å². The molecule has 1 rings (SSSR count). The maximum Gasteiger partial charge on any atom is 0.309 e. The van der Waals surface area contributed by atoms with Gasteiger partial charge in [0.15, 0.2) is 11.5 Å². The Hall–Kier alpha value is -2.84. The second kappa shape index (κ2) is 8.32. The number of nitrogens with one attached hydrogen (secondary N) is 1. The number of nitro benzene ring substituents is 1. The van der Waals surface area contributed by atoms with Gasteiger partial charge in [-0.25, -0.2) is 0 Å². The van der Waals surface area contributed by atoms with Crippen LogP contribution >= 0.6 is 0 Å². The van der Waals surface area contributed by atoms with Crippen LogP contribution in [0.2, 0.25) is 0 Å². The summed E-state index contributed by atoms with van der Waals surface area (Å²) >= 11 is 0. The Morgan fingerprint density at radius 3 is 2.44 bits per heavy atom. The number of ether oxygens (including phenoxy) is 2. The molecule has 0 saturated carbocycles. The largest absolute Gasteiger partial charge is 0.493 e. The molecule has 0 fully saturated rings. The predicted molar refractivity (Wildman–Crippen MR) is 89.2 cm³/mol. The van der Waals surface area contributed by atoms with Crippen LogP contribution in [0.25, 0.3) is 0 Å². The van der Waals surface area contributed by atoms with Crippen molar-refractivity contribution >= 4 is 17.6 Å². The number of aliphatic carboxylic acids is 1. The highest BCUT2D eigenvalue weighted by Crippen LogP contribution is 2.34. The minimum atomic E-state index is -1.02. The standard InChI is InChI=1S/C16H22N2O7/c1-5-25-13-8-10(11(18(22)23)9-12(13)24-4)14(19)17-7-6-16(2,3)15(20)21/h8-9H,5-7H2,1-4H3,(H,17,19)(H,20,21). The van der Waals surface area contributed by atoms with E-state index in [2.05, 4.69) is 5.32 Å². The van der Waals surface area contributed by atoms with Gasteiger partial charge in [0.05, 0.1) is 30.1 Å². The fourth-order valence-corrected chi connectivity index (χ4v) is 2.00. The number of amides is 1. The Balaban J connectivity index is 3.05. The zero-order chi connectivity index (χ0) is 19.2. The van der Waals surface area contributed by atoms with Crippen LogP contribution in [0.1, 0.15) is 37.6 Å². The lowest BCUT2D eigenvalue weighted by Crippen LogP contribution is -2.32. The van der Waals surface area contributed by atoms with Crippen molar-refractivity contribution in [3.05, 3.63) is 27.8 Å². The molecule has 9 heteroatoms. The molecule has 138 valence electrons. The maximum atomic E-state index is 12.3.